The van der Waals surface area contributed by atoms with E-state index < -0.39 is 0 Å². The maximum atomic E-state index is 10.9. The third-order valence-electron chi connectivity index (χ3n) is 1.41. The average Bonchev–Trinajstić information content (AvgIpc) is 2.35. The quantitative estimate of drug-likeness (QED) is 0.661. The smallest absolute Gasteiger partial charge is 0.201 e. The van der Waals surface area contributed by atoms with Gasteiger partial charge in [-0.05, 0) is 6.92 Å². The summed E-state index contributed by atoms with van der Waals surface area (Å²) in [6, 6.07) is 0. The summed E-state index contributed by atoms with van der Waals surface area (Å²) in [5.74, 6) is 0.682. The van der Waals surface area contributed by atoms with Gasteiger partial charge in [0, 0.05) is 6.42 Å². The lowest BCUT2D eigenvalue weighted by Gasteiger charge is -1.89. The van der Waals surface area contributed by atoms with Crippen LogP contribution in [0.2, 0.25) is 0 Å². The molecule has 0 unspecified atom stereocenters. The molecule has 1 aromatic rings. The molecule has 3 heteroatoms. The predicted octanol–water partition coefficient (Wildman–Crippen LogP) is 1.50. The Morgan fingerprint density at radius 1 is 1.73 bits per heavy atom. The number of oxazole rings is 1. The van der Waals surface area contributed by atoms with Crippen molar-refractivity contribution in [3.05, 3.63) is 17.8 Å². The second kappa shape index (κ2) is 3.32. The first-order chi connectivity index (χ1) is 5.22. The number of aromatic nitrogens is 1. The Morgan fingerprint density at radius 3 is 2.91 bits per heavy atom. The molecule has 0 aromatic carbocycles. The van der Waals surface area contributed by atoms with Gasteiger partial charge < -0.3 is 4.42 Å². The number of nitrogens with zero attached hydrogens (tertiary/aromatic N) is 1. The van der Waals surface area contributed by atoms with E-state index in [-0.39, 0.29) is 5.78 Å². The number of Topliss-reactive ketones (excluding diaryl/α,β-unsaturated/α-hetero) is 1. The summed E-state index contributed by atoms with van der Waals surface area (Å²) in [6.45, 7) is 3.67. The third-order valence-corrected chi connectivity index (χ3v) is 1.41. The van der Waals surface area contributed by atoms with Crippen molar-refractivity contribution in [3.63, 3.8) is 0 Å². The average molecular weight is 153 g/mol. The lowest BCUT2D eigenvalue weighted by molar-refractivity contribution is -0.118. The molecule has 1 aromatic heterocycles. The molecule has 0 N–H and O–H groups in total. The summed E-state index contributed by atoms with van der Waals surface area (Å²) in [5.41, 5.74) is 0.823. The van der Waals surface area contributed by atoms with Crippen molar-refractivity contribution in [2.45, 2.75) is 26.7 Å². The maximum Gasteiger partial charge on any atom is 0.201 e. The van der Waals surface area contributed by atoms with Crippen LogP contribution < -0.4 is 0 Å². The zero-order valence-electron chi connectivity index (χ0n) is 6.76. The van der Waals surface area contributed by atoms with E-state index in [1.54, 1.807) is 6.26 Å². The summed E-state index contributed by atoms with van der Waals surface area (Å²) in [4.78, 5) is 14.9. The molecule has 1 heterocycles. The van der Waals surface area contributed by atoms with E-state index in [0.717, 1.165) is 5.69 Å². The SMILES string of the molecule is CCC(=O)Cc1nc(C)co1. The highest BCUT2D eigenvalue weighted by Gasteiger charge is 2.05. The Bertz CT molecular complexity index is 252. The normalized spacial score (nSPS) is 10.0. The van der Waals surface area contributed by atoms with E-state index >= 15 is 0 Å². The van der Waals surface area contributed by atoms with Gasteiger partial charge >= 0.3 is 0 Å². The highest BCUT2D eigenvalue weighted by atomic mass is 16.3. The first kappa shape index (κ1) is 7.98. The Kier molecular flexibility index (Phi) is 2.41. The van der Waals surface area contributed by atoms with Gasteiger partial charge in [-0.3, -0.25) is 4.79 Å². The lowest BCUT2D eigenvalue weighted by Crippen LogP contribution is -2.00. The van der Waals surface area contributed by atoms with Gasteiger partial charge in [0.2, 0.25) is 5.89 Å². The largest absolute Gasteiger partial charge is 0.448 e. The van der Waals surface area contributed by atoms with Gasteiger partial charge in [-0.15, -0.1) is 0 Å². The molecule has 11 heavy (non-hydrogen) atoms. The molecule has 0 aliphatic heterocycles. The summed E-state index contributed by atoms with van der Waals surface area (Å²) in [7, 11) is 0. The van der Waals surface area contributed by atoms with Crippen molar-refractivity contribution in [1.82, 2.24) is 4.98 Å². The highest BCUT2D eigenvalue weighted by Crippen LogP contribution is 2.02. The topological polar surface area (TPSA) is 43.1 Å². The van der Waals surface area contributed by atoms with E-state index in [2.05, 4.69) is 4.98 Å². The van der Waals surface area contributed by atoms with Gasteiger partial charge in [-0.25, -0.2) is 4.98 Å². The summed E-state index contributed by atoms with van der Waals surface area (Å²) in [6.07, 6.45) is 2.42. The van der Waals surface area contributed by atoms with E-state index in [9.17, 15) is 4.79 Å². The van der Waals surface area contributed by atoms with Crippen molar-refractivity contribution in [2.75, 3.05) is 0 Å². The standard InChI is InChI=1S/C8H11NO2/c1-3-7(10)4-8-9-6(2)5-11-8/h5H,3-4H2,1-2H3. The van der Waals surface area contributed by atoms with Crippen LogP contribution in [0.15, 0.2) is 10.7 Å². The van der Waals surface area contributed by atoms with E-state index in [4.69, 9.17) is 4.42 Å². The maximum absolute atomic E-state index is 10.9. The van der Waals surface area contributed by atoms with Crippen LogP contribution in [-0.2, 0) is 11.2 Å². The van der Waals surface area contributed by atoms with Crippen molar-refractivity contribution in [3.8, 4) is 0 Å². The minimum absolute atomic E-state index is 0.159. The molecule has 0 radical (unpaired) electrons. The molecule has 1 rings (SSSR count). The fourth-order valence-corrected chi connectivity index (χ4v) is 0.778. The number of aryl methyl sites for hydroxylation is 1. The van der Waals surface area contributed by atoms with E-state index in [1.165, 1.54) is 0 Å². The Morgan fingerprint density at radius 2 is 2.45 bits per heavy atom. The van der Waals surface area contributed by atoms with Crippen LogP contribution in [0.4, 0.5) is 0 Å². The van der Waals surface area contributed by atoms with Crippen molar-refractivity contribution >= 4 is 5.78 Å². The van der Waals surface area contributed by atoms with Gasteiger partial charge in [0.05, 0.1) is 12.1 Å². The van der Waals surface area contributed by atoms with E-state index in [1.807, 2.05) is 13.8 Å². The summed E-state index contributed by atoms with van der Waals surface area (Å²) in [5, 5.41) is 0. The molecule has 0 aliphatic carbocycles. The molecule has 0 saturated heterocycles. The second-order valence-electron chi connectivity index (χ2n) is 2.45. The van der Waals surface area contributed by atoms with E-state index in [0.29, 0.717) is 18.7 Å². The first-order valence-corrected chi connectivity index (χ1v) is 3.65. The molecule has 0 atom stereocenters. The number of hydrogen-bond acceptors (Lipinski definition) is 3. The zero-order valence-corrected chi connectivity index (χ0v) is 6.76. The van der Waals surface area contributed by atoms with Gasteiger partial charge in [-0.2, -0.15) is 0 Å². The third kappa shape index (κ3) is 2.18. The van der Waals surface area contributed by atoms with Crippen molar-refractivity contribution in [1.29, 1.82) is 0 Å². The number of ketones is 1. The molecule has 3 nitrogen and oxygen atoms in total. The summed E-state index contributed by atoms with van der Waals surface area (Å²) >= 11 is 0. The molecule has 0 bridgehead atoms. The number of carbonyl (C=O) groups excluding carboxylic acids is 1. The van der Waals surface area contributed by atoms with Gasteiger partial charge in [0.1, 0.15) is 12.0 Å². The predicted molar refractivity (Wildman–Crippen MR) is 40.2 cm³/mol. The Hall–Kier alpha value is -1.12. The monoisotopic (exact) mass is 153 g/mol. The Labute approximate surface area is 65.4 Å². The minimum atomic E-state index is 0.159. The van der Waals surface area contributed by atoms with Crippen LogP contribution in [-0.4, -0.2) is 10.8 Å². The molecule has 60 valence electrons. The van der Waals surface area contributed by atoms with Crippen molar-refractivity contribution in [2.24, 2.45) is 0 Å². The zero-order chi connectivity index (χ0) is 8.27. The van der Waals surface area contributed by atoms with Crippen LogP contribution in [0.5, 0.6) is 0 Å². The molecular weight excluding hydrogens is 142 g/mol. The van der Waals surface area contributed by atoms with Crippen molar-refractivity contribution < 1.29 is 9.21 Å². The molecule has 0 saturated carbocycles. The molecular formula is C8H11NO2. The highest BCUT2D eigenvalue weighted by molar-refractivity contribution is 5.79. The molecule has 0 spiro atoms. The second-order valence-corrected chi connectivity index (χ2v) is 2.45. The number of carbonyl (C=O) groups is 1. The van der Waals surface area contributed by atoms with Crippen LogP contribution in [0, 0.1) is 6.92 Å². The fraction of sp³-hybridized carbons (Fsp3) is 0.500. The van der Waals surface area contributed by atoms with Gasteiger partial charge in [-0.1, -0.05) is 6.92 Å². The fourth-order valence-electron chi connectivity index (χ4n) is 0.778. The minimum Gasteiger partial charge on any atom is -0.448 e. The van der Waals surface area contributed by atoms with Gasteiger partial charge in [0.25, 0.3) is 0 Å². The van der Waals surface area contributed by atoms with Crippen LogP contribution in [0.25, 0.3) is 0 Å². The number of rotatable bonds is 3. The van der Waals surface area contributed by atoms with Crippen LogP contribution in [0.1, 0.15) is 24.9 Å². The molecule has 0 amide bonds. The lowest BCUT2D eigenvalue weighted by atomic mass is 10.2. The molecule has 0 aliphatic rings. The van der Waals surface area contributed by atoms with Crippen LogP contribution >= 0.6 is 0 Å². The Balaban J connectivity index is 2.57. The van der Waals surface area contributed by atoms with Gasteiger partial charge in [0.15, 0.2) is 0 Å². The van der Waals surface area contributed by atoms with Crippen LogP contribution in [0.3, 0.4) is 0 Å². The molecule has 0 fully saturated rings. The number of hydrogen-bond donors (Lipinski definition) is 0. The first-order valence-electron chi connectivity index (χ1n) is 3.65. The summed E-state index contributed by atoms with van der Waals surface area (Å²) < 4.78 is 5.00.